The molecule has 20 heavy (non-hydrogen) atoms. The number of nitrogens with zero attached hydrogens (tertiary/aromatic N) is 1. The summed E-state index contributed by atoms with van der Waals surface area (Å²) < 4.78 is 1.70. The molecule has 0 amide bonds. The summed E-state index contributed by atoms with van der Waals surface area (Å²) in [5.41, 5.74) is 7.02. The number of rotatable bonds is 7. The standard InChI is InChI=1S/C13H17N3O3S/c14-9(12(17)18)8-20-7-3-6-16-11-5-2-1-4-10(11)15-13(16)19/h1-2,4-5,9H,3,6-8,14H2,(H,15,19)(H,17,18). The number of carbonyl (C=O) groups is 1. The van der Waals surface area contributed by atoms with E-state index in [1.54, 1.807) is 4.57 Å². The molecule has 1 heterocycles. The molecular weight excluding hydrogens is 278 g/mol. The van der Waals surface area contributed by atoms with Crippen LogP contribution >= 0.6 is 11.8 Å². The van der Waals surface area contributed by atoms with E-state index in [2.05, 4.69) is 4.98 Å². The maximum Gasteiger partial charge on any atom is 0.326 e. The maximum absolute atomic E-state index is 11.8. The number of aromatic amines is 1. The zero-order valence-corrected chi connectivity index (χ0v) is 11.7. The third kappa shape index (κ3) is 3.43. The molecule has 0 saturated carbocycles. The molecule has 0 saturated heterocycles. The minimum absolute atomic E-state index is 0.113. The minimum Gasteiger partial charge on any atom is -0.480 e. The van der Waals surface area contributed by atoms with Crippen LogP contribution in [0.5, 0.6) is 0 Å². The highest BCUT2D eigenvalue weighted by atomic mass is 32.2. The first kappa shape index (κ1) is 14.7. The van der Waals surface area contributed by atoms with Gasteiger partial charge in [-0.1, -0.05) is 12.1 Å². The van der Waals surface area contributed by atoms with E-state index in [0.29, 0.717) is 12.3 Å². The van der Waals surface area contributed by atoms with Crippen molar-refractivity contribution in [3.05, 3.63) is 34.7 Å². The third-order valence-electron chi connectivity index (χ3n) is 2.97. The van der Waals surface area contributed by atoms with E-state index in [9.17, 15) is 9.59 Å². The van der Waals surface area contributed by atoms with Gasteiger partial charge in [0.2, 0.25) is 0 Å². The first-order chi connectivity index (χ1) is 9.59. The summed E-state index contributed by atoms with van der Waals surface area (Å²) in [5.74, 6) is 0.177. The van der Waals surface area contributed by atoms with Crippen molar-refractivity contribution in [1.82, 2.24) is 9.55 Å². The van der Waals surface area contributed by atoms with Crippen LogP contribution in [0.15, 0.2) is 29.1 Å². The summed E-state index contributed by atoms with van der Waals surface area (Å²) in [6, 6.07) is 6.73. The second kappa shape index (κ2) is 6.62. The number of H-pyrrole nitrogens is 1. The second-order valence-corrected chi connectivity index (χ2v) is 5.62. The number of aliphatic carboxylic acids is 1. The van der Waals surface area contributed by atoms with Gasteiger partial charge in [-0.3, -0.25) is 9.36 Å². The van der Waals surface area contributed by atoms with Gasteiger partial charge in [0, 0.05) is 12.3 Å². The number of para-hydroxylation sites is 2. The van der Waals surface area contributed by atoms with E-state index in [1.807, 2.05) is 24.3 Å². The zero-order chi connectivity index (χ0) is 14.5. The Labute approximate surface area is 120 Å². The molecule has 0 aliphatic heterocycles. The van der Waals surface area contributed by atoms with Crippen molar-refractivity contribution >= 4 is 28.8 Å². The zero-order valence-electron chi connectivity index (χ0n) is 10.9. The van der Waals surface area contributed by atoms with Crippen LogP contribution in [0, 0.1) is 0 Å². The molecular formula is C13H17N3O3S. The summed E-state index contributed by atoms with van der Waals surface area (Å²) in [6.07, 6.45) is 0.790. The van der Waals surface area contributed by atoms with Gasteiger partial charge in [-0.25, -0.2) is 4.79 Å². The Morgan fingerprint density at radius 1 is 1.45 bits per heavy atom. The molecule has 0 aliphatic carbocycles. The summed E-state index contributed by atoms with van der Waals surface area (Å²) in [7, 11) is 0. The van der Waals surface area contributed by atoms with Crippen LogP contribution in [0.4, 0.5) is 0 Å². The molecule has 0 bridgehead atoms. The Hall–Kier alpha value is -1.73. The molecule has 1 unspecified atom stereocenters. The van der Waals surface area contributed by atoms with Gasteiger partial charge in [0.15, 0.2) is 0 Å². The number of aryl methyl sites for hydroxylation is 1. The van der Waals surface area contributed by atoms with Crippen molar-refractivity contribution < 1.29 is 9.90 Å². The Kier molecular flexibility index (Phi) is 4.86. The van der Waals surface area contributed by atoms with Gasteiger partial charge in [0.05, 0.1) is 11.0 Å². The molecule has 2 rings (SSSR count). The SMILES string of the molecule is NC(CSCCCn1c(=O)[nH]c2ccccc21)C(=O)O. The van der Waals surface area contributed by atoms with E-state index in [-0.39, 0.29) is 5.69 Å². The number of benzene rings is 1. The lowest BCUT2D eigenvalue weighted by Crippen LogP contribution is -2.32. The maximum atomic E-state index is 11.8. The van der Waals surface area contributed by atoms with Crippen molar-refractivity contribution in [2.45, 2.75) is 19.0 Å². The number of carboxylic acids is 1. The molecule has 0 fully saturated rings. The first-order valence-corrected chi connectivity index (χ1v) is 7.48. The van der Waals surface area contributed by atoms with Crippen LogP contribution in [0.3, 0.4) is 0 Å². The molecule has 1 aromatic heterocycles. The largest absolute Gasteiger partial charge is 0.480 e. The third-order valence-corrected chi connectivity index (χ3v) is 4.14. The predicted octanol–water partition coefficient (Wildman–Crippen LogP) is 0.865. The summed E-state index contributed by atoms with van der Waals surface area (Å²) in [4.78, 5) is 25.2. The Morgan fingerprint density at radius 2 is 2.20 bits per heavy atom. The van der Waals surface area contributed by atoms with Crippen LogP contribution in [0.1, 0.15) is 6.42 Å². The molecule has 0 aliphatic rings. The summed E-state index contributed by atoms with van der Waals surface area (Å²) >= 11 is 1.49. The molecule has 1 aromatic carbocycles. The lowest BCUT2D eigenvalue weighted by atomic mass is 10.3. The molecule has 1 atom stereocenters. The van der Waals surface area contributed by atoms with Gasteiger partial charge >= 0.3 is 11.7 Å². The van der Waals surface area contributed by atoms with E-state index in [1.165, 1.54) is 11.8 Å². The Morgan fingerprint density at radius 3 is 2.95 bits per heavy atom. The second-order valence-electron chi connectivity index (χ2n) is 4.47. The average molecular weight is 295 g/mol. The van der Waals surface area contributed by atoms with Crippen LogP contribution in [-0.2, 0) is 11.3 Å². The van der Waals surface area contributed by atoms with Gasteiger partial charge in [-0.05, 0) is 24.3 Å². The highest BCUT2D eigenvalue weighted by Gasteiger charge is 2.10. The molecule has 2 aromatic rings. The van der Waals surface area contributed by atoms with Gasteiger partial charge in [-0.2, -0.15) is 11.8 Å². The normalized spacial score (nSPS) is 12.7. The molecule has 0 radical (unpaired) electrons. The quantitative estimate of drug-likeness (QED) is 0.658. The smallest absolute Gasteiger partial charge is 0.326 e. The highest BCUT2D eigenvalue weighted by molar-refractivity contribution is 7.99. The fraction of sp³-hybridized carbons (Fsp3) is 0.385. The molecule has 7 heteroatoms. The minimum atomic E-state index is -0.981. The fourth-order valence-electron chi connectivity index (χ4n) is 1.94. The number of hydrogen-bond donors (Lipinski definition) is 3. The van der Waals surface area contributed by atoms with Crippen molar-refractivity contribution in [3.8, 4) is 0 Å². The monoisotopic (exact) mass is 295 g/mol. The van der Waals surface area contributed by atoms with E-state index in [4.69, 9.17) is 10.8 Å². The van der Waals surface area contributed by atoms with Crippen LogP contribution in [0.25, 0.3) is 11.0 Å². The predicted molar refractivity (Wildman–Crippen MR) is 80.1 cm³/mol. The number of nitrogens with two attached hydrogens (primary N) is 1. The average Bonchev–Trinajstić information content (AvgIpc) is 2.74. The van der Waals surface area contributed by atoms with Crippen LogP contribution in [-0.4, -0.2) is 38.2 Å². The Bertz CT molecular complexity index is 650. The lowest BCUT2D eigenvalue weighted by molar-refractivity contribution is -0.137. The van der Waals surface area contributed by atoms with Crippen LogP contribution < -0.4 is 11.4 Å². The van der Waals surface area contributed by atoms with Crippen molar-refractivity contribution in [3.63, 3.8) is 0 Å². The molecule has 108 valence electrons. The van der Waals surface area contributed by atoms with Crippen molar-refractivity contribution in [2.75, 3.05) is 11.5 Å². The number of carboxylic acid groups (broad SMARTS) is 1. The van der Waals surface area contributed by atoms with E-state index >= 15 is 0 Å². The van der Waals surface area contributed by atoms with E-state index in [0.717, 1.165) is 23.2 Å². The number of hydrogen-bond acceptors (Lipinski definition) is 4. The fourth-order valence-corrected chi connectivity index (χ4v) is 2.83. The number of thioether (sulfide) groups is 1. The number of fused-ring (bicyclic) bond motifs is 1. The van der Waals surface area contributed by atoms with Crippen molar-refractivity contribution in [2.24, 2.45) is 5.73 Å². The highest BCUT2D eigenvalue weighted by Crippen LogP contribution is 2.11. The van der Waals surface area contributed by atoms with Crippen molar-refractivity contribution in [1.29, 1.82) is 0 Å². The number of aromatic nitrogens is 2. The Balaban J connectivity index is 1.86. The van der Waals surface area contributed by atoms with E-state index < -0.39 is 12.0 Å². The van der Waals surface area contributed by atoms with Gasteiger partial charge in [0.25, 0.3) is 0 Å². The van der Waals surface area contributed by atoms with Gasteiger partial charge < -0.3 is 15.8 Å². The number of imidazole rings is 1. The first-order valence-electron chi connectivity index (χ1n) is 6.33. The molecule has 6 nitrogen and oxygen atoms in total. The summed E-state index contributed by atoms with van der Waals surface area (Å²) in [6.45, 7) is 0.609. The molecule has 0 spiro atoms. The van der Waals surface area contributed by atoms with Gasteiger partial charge in [-0.15, -0.1) is 0 Å². The van der Waals surface area contributed by atoms with Crippen LogP contribution in [0.2, 0.25) is 0 Å². The summed E-state index contributed by atoms with van der Waals surface area (Å²) in [5, 5.41) is 8.66. The lowest BCUT2D eigenvalue weighted by Gasteiger charge is -2.06. The molecule has 4 N–H and O–H groups in total. The number of nitrogens with one attached hydrogen (secondary N) is 1. The topological polar surface area (TPSA) is 101 Å². The van der Waals surface area contributed by atoms with Gasteiger partial charge in [0.1, 0.15) is 6.04 Å².